The zero-order valence-electron chi connectivity index (χ0n) is 13.7. The van der Waals surface area contributed by atoms with Crippen LogP contribution in [0.2, 0.25) is 0 Å². The molecule has 0 amide bonds. The third-order valence-corrected chi connectivity index (χ3v) is 4.15. The van der Waals surface area contributed by atoms with Crippen LogP contribution in [-0.4, -0.2) is 26.2 Å². The molecule has 1 aliphatic rings. The number of hydrogen-bond acceptors (Lipinski definition) is 2. The van der Waals surface area contributed by atoms with Crippen molar-refractivity contribution in [3.8, 4) is 0 Å². The molecule has 1 aliphatic heterocycles. The number of benzene rings is 1. The second-order valence-electron chi connectivity index (χ2n) is 7.57. The summed E-state index contributed by atoms with van der Waals surface area (Å²) in [4.78, 5) is 2.56. The molecule has 2 heteroatoms. The Morgan fingerprint density at radius 2 is 1.45 bits per heavy atom. The van der Waals surface area contributed by atoms with Gasteiger partial charge in [0.05, 0.1) is 0 Å². The average Bonchev–Trinajstić information content (AvgIpc) is 2.35. The molecule has 2 unspecified atom stereocenters. The van der Waals surface area contributed by atoms with Crippen molar-refractivity contribution in [2.75, 3.05) is 31.1 Å². The third kappa shape index (κ3) is 3.99. The van der Waals surface area contributed by atoms with Crippen molar-refractivity contribution in [1.82, 2.24) is 5.32 Å². The Bertz CT molecular complexity index is 404. The van der Waals surface area contributed by atoms with Gasteiger partial charge in [-0.25, -0.2) is 0 Å². The van der Waals surface area contributed by atoms with E-state index in [1.807, 2.05) is 0 Å². The smallest absolute Gasteiger partial charge is 0.0366 e. The standard InChI is InChI=1S/C18H30N2/c1-14-10-19-11-15(2)13-20(12-14)17-8-6-16(7-9-17)18(3,4)5/h6-9,14-15,19H,10-13H2,1-5H3. The minimum Gasteiger partial charge on any atom is -0.371 e. The SMILES string of the molecule is CC1CNCC(C)CN(c2ccc(C(C)(C)C)cc2)C1. The highest BCUT2D eigenvalue weighted by molar-refractivity contribution is 5.48. The van der Waals surface area contributed by atoms with Crippen LogP contribution in [0.5, 0.6) is 0 Å². The molecular formula is C18H30N2. The van der Waals surface area contributed by atoms with Crippen LogP contribution in [-0.2, 0) is 5.41 Å². The fraction of sp³-hybridized carbons (Fsp3) is 0.667. The maximum atomic E-state index is 3.56. The predicted molar refractivity (Wildman–Crippen MR) is 88.6 cm³/mol. The van der Waals surface area contributed by atoms with E-state index in [1.165, 1.54) is 11.3 Å². The minimum atomic E-state index is 0.235. The van der Waals surface area contributed by atoms with E-state index in [9.17, 15) is 0 Å². The van der Waals surface area contributed by atoms with Crippen molar-refractivity contribution >= 4 is 5.69 Å². The Morgan fingerprint density at radius 3 is 1.90 bits per heavy atom. The van der Waals surface area contributed by atoms with Crippen molar-refractivity contribution in [1.29, 1.82) is 0 Å². The summed E-state index contributed by atoms with van der Waals surface area (Å²) < 4.78 is 0. The summed E-state index contributed by atoms with van der Waals surface area (Å²) in [5.41, 5.74) is 3.02. The molecule has 1 aromatic carbocycles. The molecule has 1 heterocycles. The zero-order chi connectivity index (χ0) is 14.8. The molecule has 0 aromatic heterocycles. The highest BCUT2D eigenvalue weighted by Crippen LogP contribution is 2.26. The number of anilines is 1. The molecule has 2 nitrogen and oxygen atoms in total. The molecule has 1 N–H and O–H groups in total. The van der Waals surface area contributed by atoms with Crippen LogP contribution in [0.15, 0.2) is 24.3 Å². The normalized spacial score (nSPS) is 25.1. The van der Waals surface area contributed by atoms with Gasteiger partial charge in [-0.1, -0.05) is 46.8 Å². The van der Waals surface area contributed by atoms with Gasteiger partial charge >= 0.3 is 0 Å². The van der Waals surface area contributed by atoms with Gasteiger partial charge in [0.2, 0.25) is 0 Å². The fourth-order valence-electron chi connectivity index (χ4n) is 2.92. The molecule has 0 saturated carbocycles. The van der Waals surface area contributed by atoms with Crippen molar-refractivity contribution < 1.29 is 0 Å². The lowest BCUT2D eigenvalue weighted by Crippen LogP contribution is -2.42. The van der Waals surface area contributed by atoms with Crippen LogP contribution in [0.1, 0.15) is 40.2 Å². The van der Waals surface area contributed by atoms with Gasteiger partial charge in [-0.15, -0.1) is 0 Å². The molecule has 0 spiro atoms. The summed E-state index contributed by atoms with van der Waals surface area (Å²) in [7, 11) is 0. The zero-order valence-corrected chi connectivity index (χ0v) is 13.7. The Labute approximate surface area is 124 Å². The average molecular weight is 274 g/mol. The van der Waals surface area contributed by atoms with Gasteiger partial charge in [-0.2, -0.15) is 0 Å². The summed E-state index contributed by atoms with van der Waals surface area (Å²) in [5, 5.41) is 3.56. The second kappa shape index (κ2) is 6.17. The second-order valence-corrected chi connectivity index (χ2v) is 7.57. The van der Waals surface area contributed by atoms with Gasteiger partial charge in [0.1, 0.15) is 0 Å². The molecule has 1 aromatic rings. The van der Waals surface area contributed by atoms with E-state index in [0.29, 0.717) is 11.8 Å². The molecule has 0 aliphatic carbocycles. The summed E-state index contributed by atoms with van der Waals surface area (Å²) in [6, 6.07) is 9.19. The van der Waals surface area contributed by atoms with Crippen molar-refractivity contribution in [2.24, 2.45) is 11.8 Å². The topological polar surface area (TPSA) is 15.3 Å². The molecule has 1 fully saturated rings. The lowest BCUT2D eigenvalue weighted by Gasteiger charge is -2.34. The summed E-state index contributed by atoms with van der Waals surface area (Å²) in [6.45, 7) is 16.0. The van der Waals surface area contributed by atoms with Gasteiger partial charge in [0.15, 0.2) is 0 Å². The Hall–Kier alpha value is -1.02. The largest absolute Gasteiger partial charge is 0.371 e. The molecule has 1 saturated heterocycles. The van der Waals surface area contributed by atoms with Crippen LogP contribution in [0, 0.1) is 11.8 Å². The van der Waals surface area contributed by atoms with E-state index in [-0.39, 0.29) is 5.41 Å². The quantitative estimate of drug-likeness (QED) is 0.840. The summed E-state index contributed by atoms with van der Waals surface area (Å²) in [6.07, 6.45) is 0. The van der Waals surface area contributed by atoms with E-state index in [0.717, 1.165) is 26.2 Å². The number of rotatable bonds is 1. The molecule has 0 radical (unpaired) electrons. The first kappa shape index (κ1) is 15.4. The molecule has 112 valence electrons. The van der Waals surface area contributed by atoms with Crippen LogP contribution in [0.3, 0.4) is 0 Å². The maximum Gasteiger partial charge on any atom is 0.0366 e. The molecule has 2 atom stereocenters. The van der Waals surface area contributed by atoms with Gasteiger partial charge in [0.25, 0.3) is 0 Å². The number of nitrogens with zero attached hydrogens (tertiary/aromatic N) is 1. The van der Waals surface area contributed by atoms with Crippen LogP contribution in [0.25, 0.3) is 0 Å². The molecule has 20 heavy (non-hydrogen) atoms. The van der Waals surface area contributed by atoms with E-state index in [1.54, 1.807) is 0 Å². The van der Waals surface area contributed by atoms with Gasteiger partial charge < -0.3 is 10.2 Å². The van der Waals surface area contributed by atoms with Gasteiger partial charge in [0, 0.05) is 18.8 Å². The monoisotopic (exact) mass is 274 g/mol. The summed E-state index contributed by atoms with van der Waals surface area (Å²) >= 11 is 0. The Kier molecular flexibility index (Phi) is 4.74. The van der Waals surface area contributed by atoms with E-state index in [4.69, 9.17) is 0 Å². The Morgan fingerprint density at radius 1 is 0.950 bits per heavy atom. The highest BCUT2D eigenvalue weighted by atomic mass is 15.1. The first-order chi connectivity index (χ1) is 9.36. The lowest BCUT2D eigenvalue weighted by molar-refractivity contribution is 0.410. The first-order valence-corrected chi connectivity index (χ1v) is 7.92. The highest BCUT2D eigenvalue weighted by Gasteiger charge is 2.19. The summed E-state index contributed by atoms with van der Waals surface area (Å²) in [5.74, 6) is 1.40. The van der Waals surface area contributed by atoms with Crippen molar-refractivity contribution in [3.63, 3.8) is 0 Å². The molecule has 0 bridgehead atoms. The van der Waals surface area contributed by atoms with Crippen molar-refractivity contribution in [2.45, 2.75) is 40.0 Å². The van der Waals surface area contributed by atoms with Gasteiger partial charge in [-0.05, 0) is 48.0 Å². The lowest BCUT2D eigenvalue weighted by atomic mass is 9.87. The molecular weight excluding hydrogens is 244 g/mol. The fourth-order valence-corrected chi connectivity index (χ4v) is 2.92. The van der Waals surface area contributed by atoms with Crippen LogP contribution < -0.4 is 10.2 Å². The van der Waals surface area contributed by atoms with Crippen molar-refractivity contribution in [3.05, 3.63) is 29.8 Å². The first-order valence-electron chi connectivity index (χ1n) is 7.92. The van der Waals surface area contributed by atoms with Gasteiger partial charge in [-0.3, -0.25) is 0 Å². The van der Waals surface area contributed by atoms with Crippen LogP contribution >= 0.6 is 0 Å². The minimum absolute atomic E-state index is 0.235. The van der Waals surface area contributed by atoms with E-state index < -0.39 is 0 Å². The number of nitrogens with one attached hydrogen (secondary N) is 1. The maximum absolute atomic E-state index is 3.56. The number of hydrogen-bond donors (Lipinski definition) is 1. The molecule has 2 rings (SSSR count). The Balaban J connectivity index is 2.15. The van der Waals surface area contributed by atoms with E-state index >= 15 is 0 Å². The predicted octanol–water partition coefficient (Wildman–Crippen LogP) is 3.67. The van der Waals surface area contributed by atoms with Crippen LogP contribution in [0.4, 0.5) is 5.69 Å². The van der Waals surface area contributed by atoms with E-state index in [2.05, 4.69) is 69.1 Å². The third-order valence-electron chi connectivity index (χ3n) is 4.15.